The third kappa shape index (κ3) is 3.40. The standard InChI is InChI=1S/C17H19FN2O/c1-3-12-7-9-13(10-8-12)11(2)20-17(21)14-5-4-6-15(18)16(14)19/h4-11H,3,19H2,1-2H3,(H,20,21). The molecule has 0 aliphatic rings. The largest absolute Gasteiger partial charge is 0.396 e. The maximum Gasteiger partial charge on any atom is 0.253 e. The van der Waals surface area contributed by atoms with Crippen LogP contribution in [0.3, 0.4) is 0 Å². The van der Waals surface area contributed by atoms with E-state index in [1.54, 1.807) is 0 Å². The molecule has 1 amide bonds. The highest BCUT2D eigenvalue weighted by Gasteiger charge is 2.15. The first-order valence-corrected chi connectivity index (χ1v) is 6.96. The molecule has 3 N–H and O–H groups in total. The Labute approximate surface area is 124 Å². The first kappa shape index (κ1) is 15.0. The molecule has 4 heteroatoms. The summed E-state index contributed by atoms with van der Waals surface area (Å²) in [5.41, 5.74) is 7.88. The number of amides is 1. The first-order valence-electron chi connectivity index (χ1n) is 6.96. The highest BCUT2D eigenvalue weighted by molar-refractivity contribution is 5.99. The fourth-order valence-electron chi connectivity index (χ4n) is 2.13. The molecule has 0 fully saturated rings. The maximum absolute atomic E-state index is 13.4. The molecule has 0 aromatic heterocycles. The molecule has 3 nitrogen and oxygen atoms in total. The van der Waals surface area contributed by atoms with Crippen molar-refractivity contribution in [1.82, 2.24) is 5.32 Å². The van der Waals surface area contributed by atoms with Gasteiger partial charge in [0.15, 0.2) is 0 Å². The second kappa shape index (κ2) is 6.39. The van der Waals surface area contributed by atoms with Crippen LogP contribution in [0.1, 0.15) is 41.4 Å². The number of carbonyl (C=O) groups is 1. The van der Waals surface area contributed by atoms with E-state index in [-0.39, 0.29) is 23.2 Å². The molecule has 1 unspecified atom stereocenters. The average molecular weight is 286 g/mol. The molecule has 0 aliphatic heterocycles. The third-order valence-corrected chi connectivity index (χ3v) is 3.53. The van der Waals surface area contributed by atoms with Crippen molar-refractivity contribution in [3.8, 4) is 0 Å². The van der Waals surface area contributed by atoms with Crippen LogP contribution < -0.4 is 11.1 Å². The van der Waals surface area contributed by atoms with Gasteiger partial charge >= 0.3 is 0 Å². The molecule has 0 saturated heterocycles. The fraction of sp³-hybridized carbons (Fsp3) is 0.235. The number of nitrogens with two attached hydrogens (primary N) is 1. The fourth-order valence-corrected chi connectivity index (χ4v) is 2.13. The molecule has 21 heavy (non-hydrogen) atoms. The zero-order chi connectivity index (χ0) is 15.4. The van der Waals surface area contributed by atoms with E-state index in [0.29, 0.717) is 0 Å². The molecule has 2 rings (SSSR count). The zero-order valence-corrected chi connectivity index (χ0v) is 12.2. The van der Waals surface area contributed by atoms with E-state index in [9.17, 15) is 9.18 Å². The van der Waals surface area contributed by atoms with E-state index in [1.807, 2.05) is 31.2 Å². The first-order chi connectivity index (χ1) is 10.0. The van der Waals surface area contributed by atoms with Crippen molar-refractivity contribution < 1.29 is 9.18 Å². The quantitative estimate of drug-likeness (QED) is 0.846. The molecule has 2 aromatic rings. The lowest BCUT2D eigenvalue weighted by Crippen LogP contribution is -2.27. The van der Waals surface area contributed by atoms with Gasteiger partial charge in [0.25, 0.3) is 5.91 Å². The Hall–Kier alpha value is -2.36. The van der Waals surface area contributed by atoms with Gasteiger partial charge in [0.1, 0.15) is 5.82 Å². The number of para-hydroxylation sites is 1. The van der Waals surface area contributed by atoms with Crippen LogP contribution in [-0.2, 0) is 6.42 Å². The highest BCUT2D eigenvalue weighted by Crippen LogP contribution is 2.18. The van der Waals surface area contributed by atoms with Crippen LogP contribution >= 0.6 is 0 Å². The van der Waals surface area contributed by atoms with E-state index in [2.05, 4.69) is 12.2 Å². The van der Waals surface area contributed by atoms with Crippen LogP contribution in [0.2, 0.25) is 0 Å². The minimum atomic E-state index is -0.581. The normalized spacial score (nSPS) is 12.0. The maximum atomic E-state index is 13.4. The molecule has 0 heterocycles. The summed E-state index contributed by atoms with van der Waals surface area (Å²) >= 11 is 0. The topological polar surface area (TPSA) is 55.1 Å². The number of benzene rings is 2. The summed E-state index contributed by atoms with van der Waals surface area (Å²) in [4.78, 5) is 12.2. The van der Waals surface area contributed by atoms with Gasteiger partial charge in [0.2, 0.25) is 0 Å². The Morgan fingerprint density at radius 1 is 1.24 bits per heavy atom. The zero-order valence-electron chi connectivity index (χ0n) is 12.2. The highest BCUT2D eigenvalue weighted by atomic mass is 19.1. The van der Waals surface area contributed by atoms with E-state index in [4.69, 9.17) is 5.73 Å². The summed E-state index contributed by atoms with van der Waals surface area (Å²) < 4.78 is 13.4. The summed E-state index contributed by atoms with van der Waals surface area (Å²) in [5.74, 6) is -0.957. The van der Waals surface area contributed by atoms with Gasteiger partial charge in [-0.1, -0.05) is 37.3 Å². The van der Waals surface area contributed by atoms with Crippen molar-refractivity contribution in [3.05, 3.63) is 65.0 Å². The lowest BCUT2D eigenvalue weighted by molar-refractivity contribution is 0.0940. The lowest BCUT2D eigenvalue weighted by atomic mass is 10.0. The molecular weight excluding hydrogens is 267 g/mol. The van der Waals surface area contributed by atoms with Gasteiger partial charge in [0, 0.05) is 0 Å². The van der Waals surface area contributed by atoms with Gasteiger partial charge in [-0.05, 0) is 36.6 Å². The Balaban J connectivity index is 2.12. The van der Waals surface area contributed by atoms with E-state index in [0.717, 1.165) is 12.0 Å². The summed E-state index contributed by atoms with van der Waals surface area (Å²) in [6.45, 7) is 3.97. The lowest BCUT2D eigenvalue weighted by Gasteiger charge is -2.15. The number of nitrogen functional groups attached to an aromatic ring is 1. The van der Waals surface area contributed by atoms with Gasteiger partial charge in [-0.3, -0.25) is 4.79 Å². The van der Waals surface area contributed by atoms with Crippen molar-refractivity contribution in [1.29, 1.82) is 0 Å². The Morgan fingerprint density at radius 3 is 2.52 bits per heavy atom. The molecule has 110 valence electrons. The van der Waals surface area contributed by atoms with Crippen molar-refractivity contribution in [2.75, 3.05) is 5.73 Å². The molecule has 0 spiro atoms. The number of halogens is 1. The van der Waals surface area contributed by atoms with Crippen LogP contribution in [0.5, 0.6) is 0 Å². The Kier molecular flexibility index (Phi) is 4.58. The Morgan fingerprint density at radius 2 is 1.90 bits per heavy atom. The molecule has 0 aliphatic carbocycles. The van der Waals surface area contributed by atoms with Crippen LogP contribution in [0.25, 0.3) is 0 Å². The molecule has 1 atom stereocenters. The summed E-state index contributed by atoms with van der Waals surface area (Å²) in [7, 11) is 0. The van der Waals surface area contributed by atoms with Crippen molar-refractivity contribution in [2.24, 2.45) is 0 Å². The molecule has 0 saturated carbocycles. The summed E-state index contributed by atoms with van der Waals surface area (Å²) in [5, 5.41) is 2.83. The monoisotopic (exact) mass is 286 g/mol. The minimum Gasteiger partial charge on any atom is -0.396 e. The van der Waals surface area contributed by atoms with Gasteiger partial charge in [-0.2, -0.15) is 0 Å². The van der Waals surface area contributed by atoms with Crippen molar-refractivity contribution in [2.45, 2.75) is 26.3 Å². The van der Waals surface area contributed by atoms with E-state index in [1.165, 1.54) is 23.8 Å². The van der Waals surface area contributed by atoms with E-state index < -0.39 is 5.82 Å². The van der Waals surface area contributed by atoms with Crippen LogP contribution in [0.15, 0.2) is 42.5 Å². The number of carbonyl (C=O) groups excluding carboxylic acids is 1. The number of rotatable bonds is 4. The molecule has 0 bridgehead atoms. The van der Waals surface area contributed by atoms with Gasteiger partial charge < -0.3 is 11.1 Å². The van der Waals surface area contributed by atoms with Crippen molar-refractivity contribution >= 4 is 11.6 Å². The van der Waals surface area contributed by atoms with Crippen molar-refractivity contribution in [3.63, 3.8) is 0 Å². The number of aryl methyl sites for hydroxylation is 1. The van der Waals surface area contributed by atoms with E-state index >= 15 is 0 Å². The van der Waals surface area contributed by atoms with Crippen LogP contribution in [-0.4, -0.2) is 5.91 Å². The predicted molar refractivity (Wildman–Crippen MR) is 82.5 cm³/mol. The molecule has 2 aromatic carbocycles. The average Bonchev–Trinajstić information content (AvgIpc) is 2.50. The molecule has 0 radical (unpaired) electrons. The predicted octanol–water partition coefficient (Wildman–Crippen LogP) is 3.46. The van der Waals surface area contributed by atoms with Gasteiger partial charge in [0.05, 0.1) is 17.3 Å². The summed E-state index contributed by atoms with van der Waals surface area (Å²) in [6, 6.07) is 12.1. The number of hydrogen-bond donors (Lipinski definition) is 2. The number of hydrogen-bond acceptors (Lipinski definition) is 2. The second-order valence-electron chi connectivity index (χ2n) is 4.99. The van der Waals surface area contributed by atoms with Gasteiger partial charge in [-0.15, -0.1) is 0 Å². The minimum absolute atomic E-state index is 0.122. The smallest absolute Gasteiger partial charge is 0.253 e. The summed E-state index contributed by atoms with van der Waals surface area (Å²) in [6.07, 6.45) is 0.973. The Bertz CT molecular complexity index is 638. The van der Waals surface area contributed by atoms with Crippen LogP contribution in [0.4, 0.5) is 10.1 Å². The number of anilines is 1. The number of nitrogens with one attached hydrogen (secondary N) is 1. The SMILES string of the molecule is CCc1ccc(C(C)NC(=O)c2cccc(F)c2N)cc1. The third-order valence-electron chi connectivity index (χ3n) is 3.53. The van der Waals surface area contributed by atoms with Gasteiger partial charge in [-0.25, -0.2) is 4.39 Å². The second-order valence-corrected chi connectivity index (χ2v) is 4.99. The van der Waals surface area contributed by atoms with Crippen LogP contribution in [0, 0.1) is 5.82 Å². The molecular formula is C17H19FN2O.